The van der Waals surface area contributed by atoms with Crippen LogP contribution in [0.3, 0.4) is 0 Å². The molecule has 2 heterocycles. The van der Waals surface area contributed by atoms with Gasteiger partial charge in [-0.05, 0) is 0 Å². The van der Waals surface area contributed by atoms with Crippen LogP contribution >= 0.6 is 0 Å². The van der Waals surface area contributed by atoms with Gasteiger partial charge in [0.1, 0.15) is 49.6 Å². The Labute approximate surface area is 252 Å². The molecule has 19 nitrogen and oxygen atoms in total. The normalized spacial score (nSPS) is 33.7. The molecule has 2 amide bonds. The maximum absolute atomic E-state index is 12.6. The molecule has 0 aliphatic carbocycles. The topological polar surface area (TPSA) is 284 Å². The summed E-state index contributed by atoms with van der Waals surface area (Å²) in [6.07, 6.45) is -14.9. The molecule has 11 atom stereocenters. The van der Waals surface area contributed by atoms with Crippen molar-refractivity contribution in [3.63, 3.8) is 0 Å². The van der Waals surface area contributed by atoms with Gasteiger partial charge in [0.05, 0.1) is 51.3 Å². The molecule has 0 spiro atoms. The van der Waals surface area contributed by atoms with Crippen molar-refractivity contribution >= 4 is 18.0 Å². The number of aliphatic carboxylic acids is 1. The van der Waals surface area contributed by atoms with Gasteiger partial charge in [-0.3, -0.25) is 4.79 Å². The Hall–Kier alpha value is -2.27. The van der Waals surface area contributed by atoms with Crippen LogP contribution in [0.5, 0.6) is 0 Å². The van der Waals surface area contributed by atoms with Crippen molar-refractivity contribution in [3.8, 4) is 0 Å². The van der Waals surface area contributed by atoms with Gasteiger partial charge in [-0.2, -0.15) is 0 Å². The highest BCUT2D eigenvalue weighted by Crippen LogP contribution is 2.34. The molecule has 9 unspecified atom stereocenters. The monoisotopic (exact) mass is 643 g/mol. The zero-order valence-electron chi connectivity index (χ0n) is 24.6. The van der Waals surface area contributed by atoms with Gasteiger partial charge in [0.2, 0.25) is 11.7 Å². The Bertz CT molecular complexity index is 912. The SMILES string of the molecule is COCCOCCOC(=O)NCC(=O)NC1C(O)CC(OCC2OC(OC)C(C)C(O)C2O)(C(=O)[O-])OC1[C@H](O)[C@H](O)CO. The summed E-state index contributed by atoms with van der Waals surface area (Å²) >= 11 is 0. The highest BCUT2D eigenvalue weighted by molar-refractivity contribution is 5.82. The van der Waals surface area contributed by atoms with E-state index in [0.29, 0.717) is 6.61 Å². The fraction of sp³-hybridized carbons (Fsp3) is 0.880. The van der Waals surface area contributed by atoms with Crippen LogP contribution < -0.4 is 15.7 Å². The number of carbonyl (C=O) groups excluding carboxylic acids is 3. The van der Waals surface area contributed by atoms with Crippen LogP contribution in [0.2, 0.25) is 0 Å². The highest BCUT2D eigenvalue weighted by atomic mass is 16.7. The van der Waals surface area contributed by atoms with Crippen LogP contribution in [-0.2, 0) is 42.7 Å². The summed E-state index contributed by atoms with van der Waals surface area (Å²) in [7, 11) is 2.78. The lowest BCUT2D eigenvalue weighted by Gasteiger charge is -2.49. The van der Waals surface area contributed by atoms with Crippen LogP contribution in [0.15, 0.2) is 0 Å². The first-order chi connectivity index (χ1) is 20.8. The molecule has 0 aromatic heterocycles. The Morgan fingerprint density at radius 2 is 1.75 bits per heavy atom. The quantitative estimate of drug-likeness (QED) is 0.0684. The van der Waals surface area contributed by atoms with Gasteiger partial charge in [-0.25, -0.2) is 4.79 Å². The van der Waals surface area contributed by atoms with E-state index in [9.17, 15) is 50.1 Å². The highest BCUT2D eigenvalue weighted by Gasteiger charge is 2.53. The van der Waals surface area contributed by atoms with Crippen LogP contribution in [0.4, 0.5) is 4.79 Å². The third-order valence-electron chi connectivity index (χ3n) is 7.14. The molecule has 0 aromatic rings. The second kappa shape index (κ2) is 18.0. The van der Waals surface area contributed by atoms with Crippen LogP contribution in [0.25, 0.3) is 0 Å². The minimum Gasteiger partial charge on any atom is -0.544 e. The number of aliphatic hydroxyl groups is 6. The van der Waals surface area contributed by atoms with Gasteiger partial charge < -0.3 is 84.3 Å². The molecule has 0 saturated carbocycles. The lowest BCUT2D eigenvalue weighted by atomic mass is 9.88. The Morgan fingerprint density at radius 1 is 1.07 bits per heavy atom. The van der Waals surface area contributed by atoms with Crippen LogP contribution in [-0.4, -0.2) is 170 Å². The maximum atomic E-state index is 12.6. The minimum atomic E-state index is -2.82. The number of carbonyl (C=O) groups is 3. The predicted octanol–water partition coefficient (Wildman–Crippen LogP) is -6.08. The molecule has 0 radical (unpaired) electrons. The fourth-order valence-corrected chi connectivity index (χ4v) is 4.60. The average molecular weight is 644 g/mol. The zero-order chi connectivity index (χ0) is 33.0. The summed E-state index contributed by atoms with van der Waals surface area (Å²) in [5, 5.41) is 78.4. The molecule has 256 valence electrons. The summed E-state index contributed by atoms with van der Waals surface area (Å²) in [5.74, 6) is -6.45. The van der Waals surface area contributed by atoms with Crippen LogP contribution in [0.1, 0.15) is 13.3 Å². The maximum Gasteiger partial charge on any atom is 0.407 e. The Kier molecular flexibility index (Phi) is 15.5. The Balaban J connectivity index is 2.10. The standard InChI is InChI=1S/C25H44N2O17/c1-12-18(32)20(34)15(43-22(12)39-3)11-42-25(23(35)36)8-13(29)17(21(44-25)19(33)14(30)10-28)27-16(31)9-26-24(37)41-7-6-40-5-4-38-2/h12-15,17-22,28-30,32-34H,4-11H2,1-3H3,(H,26,37)(H,27,31)(H,35,36)/p-1/t12?,13?,14-,15?,17?,18?,19-,20?,21?,22?,25?/m1/s1. The van der Waals surface area contributed by atoms with Gasteiger partial charge in [0, 0.05) is 26.6 Å². The van der Waals surface area contributed by atoms with Gasteiger partial charge in [0.25, 0.3) is 0 Å². The number of methoxy groups -OCH3 is 2. The molecule has 2 aliphatic rings. The van der Waals surface area contributed by atoms with E-state index >= 15 is 0 Å². The summed E-state index contributed by atoms with van der Waals surface area (Å²) < 4.78 is 36.4. The molecule has 8 N–H and O–H groups in total. The van der Waals surface area contributed by atoms with Crippen molar-refractivity contribution in [3.05, 3.63) is 0 Å². The fourth-order valence-electron chi connectivity index (χ4n) is 4.60. The third kappa shape index (κ3) is 10.1. The molecule has 2 fully saturated rings. The lowest BCUT2D eigenvalue weighted by Crippen LogP contribution is -2.70. The molecular weight excluding hydrogens is 600 g/mol. The van der Waals surface area contributed by atoms with E-state index in [4.69, 9.17) is 33.2 Å². The summed E-state index contributed by atoms with van der Waals surface area (Å²) in [4.78, 5) is 36.7. The van der Waals surface area contributed by atoms with E-state index in [-0.39, 0.29) is 19.8 Å². The average Bonchev–Trinajstić information content (AvgIpc) is 3.00. The molecule has 2 aliphatic heterocycles. The first-order valence-corrected chi connectivity index (χ1v) is 13.8. The van der Waals surface area contributed by atoms with E-state index in [1.807, 2.05) is 0 Å². The minimum absolute atomic E-state index is 0.0715. The number of carboxylic acid groups (broad SMARTS) is 1. The number of amides is 2. The van der Waals surface area contributed by atoms with Crippen molar-refractivity contribution in [2.24, 2.45) is 5.92 Å². The number of carboxylic acids is 1. The number of hydrogen-bond acceptors (Lipinski definition) is 17. The van der Waals surface area contributed by atoms with Crippen molar-refractivity contribution in [2.75, 3.05) is 60.4 Å². The number of rotatable bonds is 17. The summed E-state index contributed by atoms with van der Waals surface area (Å²) in [6.45, 7) is -0.313. The number of ether oxygens (including phenoxy) is 7. The van der Waals surface area contributed by atoms with E-state index in [1.165, 1.54) is 14.2 Å². The van der Waals surface area contributed by atoms with Gasteiger partial charge in [-0.1, -0.05) is 6.92 Å². The van der Waals surface area contributed by atoms with E-state index in [1.54, 1.807) is 6.92 Å². The third-order valence-corrected chi connectivity index (χ3v) is 7.14. The molecular formula is C25H43N2O17-. The lowest BCUT2D eigenvalue weighted by molar-refractivity contribution is -0.387. The number of alkyl carbamates (subject to hydrolysis) is 1. The first kappa shape index (κ1) is 37.9. The van der Waals surface area contributed by atoms with Gasteiger partial charge in [-0.15, -0.1) is 0 Å². The van der Waals surface area contributed by atoms with Gasteiger partial charge in [0.15, 0.2) is 6.29 Å². The van der Waals surface area contributed by atoms with E-state index in [0.717, 1.165) is 0 Å². The Morgan fingerprint density at radius 3 is 2.36 bits per heavy atom. The largest absolute Gasteiger partial charge is 0.544 e. The number of nitrogens with one attached hydrogen (secondary N) is 2. The van der Waals surface area contributed by atoms with Crippen molar-refractivity contribution in [1.29, 1.82) is 0 Å². The predicted molar refractivity (Wildman–Crippen MR) is 139 cm³/mol. The molecule has 0 bridgehead atoms. The van der Waals surface area contributed by atoms with Crippen molar-refractivity contribution < 1.29 is 83.3 Å². The van der Waals surface area contributed by atoms with Crippen LogP contribution in [0, 0.1) is 5.92 Å². The molecule has 2 saturated heterocycles. The first-order valence-electron chi connectivity index (χ1n) is 13.8. The summed E-state index contributed by atoms with van der Waals surface area (Å²) in [6, 6.07) is -1.60. The molecule has 19 heteroatoms. The van der Waals surface area contributed by atoms with Crippen molar-refractivity contribution in [1.82, 2.24) is 10.6 Å². The second-order valence-corrected chi connectivity index (χ2v) is 10.3. The summed E-state index contributed by atoms with van der Waals surface area (Å²) in [5.41, 5.74) is 0. The van der Waals surface area contributed by atoms with Crippen molar-refractivity contribution in [2.45, 2.75) is 74.2 Å². The molecule has 44 heavy (non-hydrogen) atoms. The van der Waals surface area contributed by atoms with E-state index in [2.05, 4.69) is 10.6 Å². The van der Waals surface area contributed by atoms with Gasteiger partial charge >= 0.3 is 6.09 Å². The number of aliphatic hydroxyl groups excluding tert-OH is 6. The van der Waals surface area contributed by atoms with E-state index < -0.39 is 111 Å². The number of hydrogen-bond donors (Lipinski definition) is 8. The molecule has 2 rings (SSSR count). The molecule has 0 aromatic carbocycles. The smallest absolute Gasteiger partial charge is 0.407 e. The zero-order valence-corrected chi connectivity index (χ0v) is 24.6. The second-order valence-electron chi connectivity index (χ2n) is 10.3.